The Labute approximate surface area is 145 Å². The summed E-state index contributed by atoms with van der Waals surface area (Å²) in [4.78, 5) is 0. The summed E-state index contributed by atoms with van der Waals surface area (Å²) in [5.41, 5.74) is 9.18. The number of unbranched alkanes of at least 4 members (excludes halogenated alkanes) is 1. The van der Waals surface area contributed by atoms with Gasteiger partial charge in [0.1, 0.15) is 6.23 Å². The van der Waals surface area contributed by atoms with Gasteiger partial charge >= 0.3 is 0 Å². The molecule has 2 heteroatoms. The van der Waals surface area contributed by atoms with E-state index in [0.29, 0.717) is 0 Å². The zero-order valence-corrected chi connectivity index (χ0v) is 14.4. The van der Waals surface area contributed by atoms with Crippen LogP contribution >= 0.6 is 0 Å². The van der Waals surface area contributed by atoms with Crippen molar-refractivity contribution in [3.63, 3.8) is 0 Å². The molecule has 2 atom stereocenters. The molecule has 0 radical (unpaired) electrons. The Bertz CT molecular complexity index is 650. The third-order valence-corrected chi connectivity index (χ3v) is 4.27. The van der Waals surface area contributed by atoms with Gasteiger partial charge in [0, 0.05) is 12.0 Å². The van der Waals surface area contributed by atoms with Gasteiger partial charge in [-0.3, -0.25) is 0 Å². The molecule has 1 unspecified atom stereocenters. The Morgan fingerprint density at radius 3 is 2.29 bits per heavy atom. The maximum Gasteiger partial charge on any atom is 0.105 e. The molecular weight excluding hydrogens is 294 g/mol. The second-order valence-electron chi connectivity index (χ2n) is 6.34. The Morgan fingerprint density at radius 1 is 0.958 bits per heavy atom. The van der Waals surface area contributed by atoms with E-state index in [0.717, 1.165) is 37.7 Å². The van der Waals surface area contributed by atoms with Crippen LogP contribution < -0.4 is 5.73 Å². The molecule has 0 bridgehead atoms. The smallest absolute Gasteiger partial charge is 0.105 e. The van der Waals surface area contributed by atoms with E-state index < -0.39 is 6.23 Å². The number of hydrogen-bond acceptors (Lipinski definition) is 2. The quantitative estimate of drug-likeness (QED) is 0.461. The van der Waals surface area contributed by atoms with E-state index in [1.54, 1.807) is 0 Å². The largest absolute Gasteiger partial charge is 0.379 e. The van der Waals surface area contributed by atoms with Crippen molar-refractivity contribution in [2.75, 3.05) is 0 Å². The highest BCUT2D eigenvalue weighted by Crippen LogP contribution is 2.12. The minimum absolute atomic E-state index is 0.120. The van der Waals surface area contributed by atoms with Gasteiger partial charge in [0.15, 0.2) is 0 Å². The van der Waals surface area contributed by atoms with Gasteiger partial charge in [0.05, 0.1) is 0 Å². The number of aliphatic hydroxyl groups is 1. The van der Waals surface area contributed by atoms with E-state index in [2.05, 4.69) is 60.4 Å². The van der Waals surface area contributed by atoms with Crippen LogP contribution in [-0.4, -0.2) is 11.3 Å². The second kappa shape index (κ2) is 9.93. The molecule has 0 aliphatic carbocycles. The molecule has 0 fully saturated rings. The van der Waals surface area contributed by atoms with Crippen molar-refractivity contribution in [1.29, 1.82) is 0 Å². The summed E-state index contributed by atoms with van der Waals surface area (Å²) in [6.07, 6.45) is 4.19. The van der Waals surface area contributed by atoms with E-state index in [9.17, 15) is 5.11 Å². The van der Waals surface area contributed by atoms with Gasteiger partial charge in [-0.1, -0.05) is 61.2 Å². The lowest BCUT2D eigenvalue weighted by Gasteiger charge is -2.13. The fraction of sp³-hybridized carbons (Fsp3) is 0.364. The molecule has 3 N–H and O–H groups in total. The van der Waals surface area contributed by atoms with Crippen molar-refractivity contribution in [3.8, 4) is 11.8 Å². The van der Waals surface area contributed by atoms with Gasteiger partial charge in [-0.15, -0.1) is 0 Å². The van der Waals surface area contributed by atoms with E-state index >= 15 is 0 Å². The lowest BCUT2D eigenvalue weighted by Crippen LogP contribution is -2.27. The van der Waals surface area contributed by atoms with Crippen LogP contribution in [0.5, 0.6) is 0 Å². The van der Waals surface area contributed by atoms with Crippen molar-refractivity contribution in [2.24, 2.45) is 11.7 Å². The minimum atomic E-state index is -0.731. The van der Waals surface area contributed by atoms with Crippen LogP contribution in [0, 0.1) is 17.8 Å². The topological polar surface area (TPSA) is 46.2 Å². The summed E-state index contributed by atoms with van der Waals surface area (Å²) < 4.78 is 0. The number of aryl methyl sites for hydroxylation is 2. The van der Waals surface area contributed by atoms with E-state index in [4.69, 9.17) is 5.73 Å². The first kappa shape index (κ1) is 18.3. The normalized spacial score (nSPS) is 13.0. The van der Waals surface area contributed by atoms with E-state index in [-0.39, 0.29) is 5.92 Å². The monoisotopic (exact) mass is 321 g/mol. The van der Waals surface area contributed by atoms with Crippen LogP contribution in [0.3, 0.4) is 0 Å². The summed E-state index contributed by atoms with van der Waals surface area (Å²) in [6, 6.07) is 18.9. The minimum Gasteiger partial charge on any atom is -0.379 e. The average Bonchev–Trinajstić information content (AvgIpc) is 2.61. The van der Waals surface area contributed by atoms with Crippen molar-refractivity contribution in [2.45, 2.75) is 45.3 Å². The third kappa shape index (κ3) is 6.58. The summed E-state index contributed by atoms with van der Waals surface area (Å²) in [7, 11) is 0. The molecular formula is C22H27NO. The average molecular weight is 321 g/mol. The Kier molecular flexibility index (Phi) is 7.55. The highest BCUT2D eigenvalue weighted by molar-refractivity contribution is 5.36. The van der Waals surface area contributed by atoms with Crippen molar-refractivity contribution in [3.05, 3.63) is 71.3 Å². The second-order valence-corrected chi connectivity index (χ2v) is 6.34. The summed E-state index contributed by atoms with van der Waals surface area (Å²) in [5, 5.41) is 9.32. The predicted molar refractivity (Wildman–Crippen MR) is 100 cm³/mol. The zero-order valence-electron chi connectivity index (χ0n) is 14.4. The SMILES string of the molecule is C[C@H](CCc1ccc(C#CCCCc2ccccc2)cc1)C(N)O. The molecule has 0 amide bonds. The van der Waals surface area contributed by atoms with Gasteiger partial charge in [-0.2, -0.15) is 0 Å². The molecule has 2 aromatic rings. The molecule has 0 saturated carbocycles. The molecule has 0 heterocycles. The standard InChI is InChI=1S/C22H27NO/c1-18(22(23)24)12-13-21-16-14-20(15-17-21)11-7-3-6-10-19-8-4-2-5-9-19/h2,4-5,8-9,14-18,22,24H,3,6,10,12-13,23H2,1H3/t18-,22?/m1/s1. The lowest BCUT2D eigenvalue weighted by molar-refractivity contribution is 0.118. The molecule has 2 aromatic carbocycles. The number of rotatable bonds is 7. The van der Waals surface area contributed by atoms with Crippen LogP contribution in [-0.2, 0) is 12.8 Å². The number of hydrogen-bond donors (Lipinski definition) is 2. The van der Waals surface area contributed by atoms with Gasteiger partial charge in [-0.05, 0) is 54.9 Å². The zero-order chi connectivity index (χ0) is 17.2. The van der Waals surface area contributed by atoms with Crippen molar-refractivity contribution < 1.29 is 5.11 Å². The van der Waals surface area contributed by atoms with Crippen LogP contribution in [0.2, 0.25) is 0 Å². The number of aliphatic hydroxyl groups excluding tert-OH is 1. The Hall–Kier alpha value is -2.08. The maximum absolute atomic E-state index is 9.32. The molecule has 24 heavy (non-hydrogen) atoms. The van der Waals surface area contributed by atoms with Crippen LogP contribution in [0.4, 0.5) is 0 Å². The molecule has 0 saturated heterocycles. The summed E-state index contributed by atoms with van der Waals surface area (Å²) in [5.74, 6) is 6.61. The van der Waals surface area contributed by atoms with Gasteiger partial charge < -0.3 is 10.8 Å². The first-order valence-corrected chi connectivity index (χ1v) is 8.70. The molecule has 0 aromatic heterocycles. The van der Waals surface area contributed by atoms with Crippen LogP contribution in [0.25, 0.3) is 0 Å². The van der Waals surface area contributed by atoms with E-state index in [1.165, 1.54) is 11.1 Å². The number of benzene rings is 2. The first-order chi connectivity index (χ1) is 11.6. The third-order valence-electron chi connectivity index (χ3n) is 4.27. The molecule has 0 aliphatic heterocycles. The Morgan fingerprint density at radius 2 is 1.62 bits per heavy atom. The van der Waals surface area contributed by atoms with Crippen LogP contribution in [0.15, 0.2) is 54.6 Å². The fourth-order valence-corrected chi connectivity index (χ4v) is 2.51. The van der Waals surface area contributed by atoms with Crippen molar-refractivity contribution in [1.82, 2.24) is 0 Å². The first-order valence-electron chi connectivity index (χ1n) is 8.70. The summed E-state index contributed by atoms with van der Waals surface area (Å²) >= 11 is 0. The van der Waals surface area contributed by atoms with E-state index in [1.807, 2.05) is 13.0 Å². The Balaban J connectivity index is 1.73. The lowest BCUT2D eigenvalue weighted by atomic mass is 9.99. The van der Waals surface area contributed by atoms with Gasteiger partial charge in [-0.25, -0.2) is 0 Å². The van der Waals surface area contributed by atoms with Crippen molar-refractivity contribution >= 4 is 0 Å². The summed E-state index contributed by atoms with van der Waals surface area (Å²) in [6.45, 7) is 1.97. The number of nitrogens with two attached hydrogens (primary N) is 1. The predicted octanol–water partition coefficient (Wildman–Crippen LogP) is 3.91. The van der Waals surface area contributed by atoms with Gasteiger partial charge in [0.2, 0.25) is 0 Å². The fourth-order valence-electron chi connectivity index (χ4n) is 2.51. The van der Waals surface area contributed by atoms with Crippen LogP contribution in [0.1, 0.15) is 42.9 Å². The van der Waals surface area contributed by atoms with Gasteiger partial charge in [0.25, 0.3) is 0 Å². The molecule has 2 nitrogen and oxygen atoms in total. The molecule has 2 rings (SSSR count). The highest BCUT2D eigenvalue weighted by atomic mass is 16.3. The highest BCUT2D eigenvalue weighted by Gasteiger charge is 2.08. The molecule has 0 aliphatic rings. The maximum atomic E-state index is 9.32. The molecule has 126 valence electrons. The molecule has 0 spiro atoms.